The van der Waals surface area contributed by atoms with Gasteiger partial charge in [0.25, 0.3) is 5.91 Å². The minimum Gasteiger partial charge on any atom is -0.378 e. The lowest BCUT2D eigenvalue weighted by molar-refractivity contribution is 0.102. The van der Waals surface area contributed by atoms with Crippen LogP contribution in [0.4, 0.5) is 23.1 Å². The minimum absolute atomic E-state index is 0.108. The average Bonchev–Trinajstić information content (AvgIpc) is 2.77. The number of morpholine rings is 1. The van der Waals surface area contributed by atoms with Gasteiger partial charge in [-0.1, -0.05) is 17.7 Å². The van der Waals surface area contributed by atoms with Crippen LogP contribution < -0.4 is 15.5 Å². The van der Waals surface area contributed by atoms with E-state index < -0.39 is 0 Å². The van der Waals surface area contributed by atoms with E-state index in [0.717, 1.165) is 47.1 Å². The fraction of sp³-hybridized carbons (Fsp3) is 0.292. The number of carbonyl (C=O) groups excluding carboxylic acids is 1. The molecule has 0 bridgehead atoms. The van der Waals surface area contributed by atoms with E-state index in [9.17, 15) is 4.79 Å². The van der Waals surface area contributed by atoms with Crippen molar-refractivity contribution in [2.75, 3.05) is 41.8 Å². The zero-order chi connectivity index (χ0) is 21.8. The maximum absolute atomic E-state index is 12.6. The molecule has 160 valence electrons. The van der Waals surface area contributed by atoms with E-state index in [1.165, 1.54) is 0 Å². The predicted octanol–water partition coefficient (Wildman–Crippen LogP) is 4.23. The van der Waals surface area contributed by atoms with Crippen molar-refractivity contribution in [3.63, 3.8) is 0 Å². The largest absolute Gasteiger partial charge is 0.378 e. The molecule has 1 aliphatic rings. The molecular formula is C24H27N5O2. The van der Waals surface area contributed by atoms with Crippen molar-refractivity contribution in [1.29, 1.82) is 0 Å². The molecule has 0 spiro atoms. The Morgan fingerprint density at radius 3 is 2.39 bits per heavy atom. The molecule has 4 rings (SSSR count). The van der Waals surface area contributed by atoms with E-state index in [1.54, 1.807) is 0 Å². The molecule has 1 aromatic heterocycles. The standard InChI is InChI=1S/C24H27N5O2/c1-16-4-5-17(2)21(14-16)23(30)27-20-8-6-19(7-9-20)26-22-15-18(3)25-24(28-22)29-10-12-31-13-11-29/h4-9,14-15H,10-13H2,1-3H3,(H,27,30)(H,25,26,28). The molecule has 2 aromatic carbocycles. The van der Waals surface area contributed by atoms with Crippen LogP contribution >= 0.6 is 0 Å². The molecule has 7 nitrogen and oxygen atoms in total. The number of nitrogens with one attached hydrogen (secondary N) is 2. The number of anilines is 4. The molecule has 2 heterocycles. The van der Waals surface area contributed by atoms with Crippen molar-refractivity contribution in [2.45, 2.75) is 20.8 Å². The van der Waals surface area contributed by atoms with E-state index in [0.29, 0.717) is 24.7 Å². The molecule has 1 amide bonds. The minimum atomic E-state index is -0.108. The smallest absolute Gasteiger partial charge is 0.255 e. The molecule has 31 heavy (non-hydrogen) atoms. The SMILES string of the molecule is Cc1ccc(C)c(C(=O)Nc2ccc(Nc3cc(C)nc(N4CCOCC4)n3)cc2)c1. The second-order valence-corrected chi connectivity index (χ2v) is 7.77. The summed E-state index contributed by atoms with van der Waals surface area (Å²) < 4.78 is 5.41. The Balaban J connectivity index is 1.44. The van der Waals surface area contributed by atoms with Crippen LogP contribution in [-0.2, 0) is 4.74 Å². The summed E-state index contributed by atoms with van der Waals surface area (Å²) in [6, 6.07) is 15.4. The van der Waals surface area contributed by atoms with Gasteiger partial charge in [-0.3, -0.25) is 4.79 Å². The Morgan fingerprint density at radius 1 is 0.935 bits per heavy atom. The fourth-order valence-corrected chi connectivity index (χ4v) is 3.49. The van der Waals surface area contributed by atoms with Crippen molar-refractivity contribution in [3.05, 3.63) is 70.9 Å². The molecule has 1 saturated heterocycles. The lowest BCUT2D eigenvalue weighted by Gasteiger charge is -2.27. The summed E-state index contributed by atoms with van der Waals surface area (Å²) in [6.07, 6.45) is 0. The highest BCUT2D eigenvalue weighted by Crippen LogP contribution is 2.21. The van der Waals surface area contributed by atoms with Gasteiger partial charge in [-0.15, -0.1) is 0 Å². The van der Waals surface area contributed by atoms with Gasteiger partial charge >= 0.3 is 0 Å². The van der Waals surface area contributed by atoms with Gasteiger partial charge in [-0.25, -0.2) is 4.98 Å². The Morgan fingerprint density at radius 2 is 1.65 bits per heavy atom. The molecule has 3 aromatic rings. The van der Waals surface area contributed by atoms with Gasteiger partial charge in [-0.05, 0) is 56.7 Å². The molecule has 0 aliphatic carbocycles. The number of carbonyl (C=O) groups is 1. The highest BCUT2D eigenvalue weighted by atomic mass is 16.5. The number of aromatic nitrogens is 2. The molecule has 0 radical (unpaired) electrons. The van der Waals surface area contributed by atoms with E-state index in [4.69, 9.17) is 4.74 Å². The molecule has 0 saturated carbocycles. The monoisotopic (exact) mass is 417 g/mol. The fourth-order valence-electron chi connectivity index (χ4n) is 3.49. The van der Waals surface area contributed by atoms with Crippen LogP contribution in [0.5, 0.6) is 0 Å². The van der Waals surface area contributed by atoms with Gasteiger partial charge in [-0.2, -0.15) is 4.98 Å². The molecular weight excluding hydrogens is 390 g/mol. The maximum Gasteiger partial charge on any atom is 0.255 e. The average molecular weight is 418 g/mol. The summed E-state index contributed by atoms with van der Waals surface area (Å²) in [7, 11) is 0. The van der Waals surface area contributed by atoms with E-state index in [-0.39, 0.29) is 5.91 Å². The van der Waals surface area contributed by atoms with E-state index >= 15 is 0 Å². The predicted molar refractivity (Wildman–Crippen MR) is 123 cm³/mol. The van der Waals surface area contributed by atoms with Crippen LogP contribution in [0.25, 0.3) is 0 Å². The number of nitrogens with zero attached hydrogens (tertiary/aromatic N) is 3. The topological polar surface area (TPSA) is 79.4 Å². The van der Waals surface area contributed by atoms with Gasteiger partial charge in [0.2, 0.25) is 5.95 Å². The molecule has 2 N–H and O–H groups in total. The van der Waals surface area contributed by atoms with Crippen LogP contribution in [0.15, 0.2) is 48.5 Å². The van der Waals surface area contributed by atoms with Crippen LogP contribution in [0, 0.1) is 20.8 Å². The number of rotatable bonds is 5. The zero-order valence-electron chi connectivity index (χ0n) is 18.1. The maximum atomic E-state index is 12.6. The van der Waals surface area contributed by atoms with E-state index in [2.05, 4.69) is 25.5 Å². The van der Waals surface area contributed by atoms with Crippen LogP contribution in [-0.4, -0.2) is 42.2 Å². The van der Waals surface area contributed by atoms with Crippen molar-refractivity contribution in [3.8, 4) is 0 Å². The van der Waals surface area contributed by atoms with Crippen molar-refractivity contribution >= 4 is 29.0 Å². The number of benzene rings is 2. The second-order valence-electron chi connectivity index (χ2n) is 7.77. The van der Waals surface area contributed by atoms with Gasteiger partial charge in [0.1, 0.15) is 5.82 Å². The Bertz CT molecular complexity index is 1080. The first-order valence-electron chi connectivity index (χ1n) is 10.4. The summed E-state index contributed by atoms with van der Waals surface area (Å²) >= 11 is 0. The molecule has 7 heteroatoms. The summed E-state index contributed by atoms with van der Waals surface area (Å²) in [6.45, 7) is 8.84. The van der Waals surface area contributed by atoms with Gasteiger partial charge in [0.15, 0.2) is 0 Å². The highest BCUT2D eigenvalue weighted by molar-refractivity contribution is 6.05. The van der Waals surface area contributed by atoms with Crippen LogP contribution in [0.1, 0.15) is 27.2 Å². The number of hydrogen-bond donors (Lipinski definition) is 2. The molecule has 1 aliphatic heterocycles. The van der Waals surface area contributed by atoms with Crippen LogP contribution in [0.3, 0.4) is 0 Å². The first kappa shape index (κ1) is 20.8. The molecule has 0 atom stereocenters. The first-order chi connectivity index (χ1) is 15.0. The van der Waals surface area contributed by atoms with Crippen molar-refractivity contribution < 1.29 is 9.53 Å². The first-order valence-corrected chi connectivity index (χ1v) is 10.4. The quantitative estimate of drug-likeness (QED) is 0.647. The van der Waals surface area contributed by atoms with Gasteiger partial charge in [0.05, 0.1) is 13.2 Å². The number of aryl methyl sites for hydroxylation is 3. The zero-order valence-corrected chi connectivity index (χ0v) is 18.1. The summed E-state index contributed by atoms with van der Waals surface area (Å²) in [5.41, 5.74) is 5.23. The third-order valence-corrected chi connectivity index (χ3v) is 5.19. The second kappa shape index (κ2) is 9.14. The lowest BCUT2D eigenvalue weighted by atomic mass is 10.1. The van der Waals surface area contributed by atoms with E-state index in [1.807, 2.05) is 69.3 Å². The normalized spacial score (nSPS) is 13.7. The van der Waals surface area contributed by atoms with Crippen LogP contribution in [0.2, 0.25) is 0 Å². The Kier molecular flexibility index (Phi) is 6.13. The Labute approximate surface area is 182 Å². The Hall–Kier alpha value is -3.45. The van der Waals surface area contributed by atoms with Gasteiger partial charge in [0, 0.05) is 41.8 Å². The third-order valence-electron chi connectivity index (χ3n) is 5.19. The lowest BCUT2D eigenvalue weighted by Crippen LogP contribution is -2.37. The highest BCUT2D eigenvalue weighted by Gasteiger charge is 2.15. The number of amides is 1. The number of hydrogen-bond acceptors (Lipinski definition) is 6. The van der Waals surface area contributed by atoms with Crippen molar-refractivity contribution in [1.82, 2.24) is 9.97 Å². The van der Waals surface area contributed by atoms with Gasteiger partial charge < -0.3 is 20.3 Å². The molecule has 1 fully saturated rings. The number of ether oxygens (including phenoxy) is 1. The third kappa shape index (κ3) is 5.19. The summed E-state index contributed by atoms with van der Waals surface area (Å²) in [5, 5.41) is 6.30. The summed E-state index contributed by atoms with van der Waals surface area (Å²) in [4.78, 5) is 24.0. The summed E-state index contributed by atoms with van der Waals surface area (Å²) in [5.74, 6) is 1.34. The molecule has 0 unspecified atom stereocenters. The van der Waals surface area contributed by atoms with Crippen molar-refractivity contribution in [2.24, 2.45) is 0 Å².